The number of hydrogen-bond donors (Lipinski definition) is 1. The summed E-state index contributed by atoms with van der Waals surface area (Å²) in [6, 6.07) is 14.5. The van der Waals surface area contributed by atoms with E-state index in [2.05, 4.69) is 30.4 Å². The van der Waals surface area contributed by atoms with Crippen molar-refractivity contribution in [2.24, 2.45) is 0 Å². The minimum Gasteiger partial charge on any atom is -0.372 e. The first-order valence-corrected chi connectivity index (χ1v) is 8.10. The topological polar surface area (TPSA) is 21.3 Å². The number of rotatable bonds is 7. The number of hydrogen-bond acceptors (Lipinski definition) is 3. The minimum absolute atomic E-state index is 0.00383. The molecule has 2 unspecified atom stereocenters. The van der Waals surface area contributed by atoms with Gasteiger partial charge in [0.05, 0.1) is 10.4 Å². The van der Waals surface area contributed by atoms with Crippen molar-refractivity contribution >= 4 is 22.9 Å². The molecule has 0 saturated carbocycles. The van der Waals surface area contributed by atoms with E-state index in [1.807, 2.05) is 31.2 Å². The van der Waals surface area contributed by atoms with E-state index in [-0.39, 0.29) is 12.1 Å². The molecule has 0 aliphatic rings. The van der Waals surface area contributed by atoms with Crippen molar-refractivity contribution in [2.75, 3.05) is 13.2 Å². The van der Waals surface area contributed by atoms with Crippen LogP contribution >= 0.6 is 22.9 Å². The molecule has 0 radical (unpaired) electrons. The Morgan fingerprint density at radius 1 is 1.15 bits per heavy atom. The van der Waals surface area contributed by atoms with Gasteiger partial charge < -0.3 is 10.1 Å². The lowest BCUT2D eigenvalue weighted by molar-refractivity contribution is 0.0340. The predicted octanol–water partition coefficient (Wildman–Crippen LogP) is 4.83. The Hall–Kier alpha value is -0.870. The molecule has 2 atom stereocenters. The third-order valence-corrected chi connectivity index (χ3v) is 4.42. The number of benzene rings is 1. The SMILES string of the molecule is CCNC(c1ccc(Cl)s1)C(OCC)c1ccccc1. The quantitative estimate of drug-likeness (QED) is 0.791. The number of halogens is 1. The third-order valence-electron chi connectivity index (χ3n) is 3.10. The predicted molar refractivity (Wildman–Crippen MR) is 86.6 cm³/mol. The Balaban J connectivity index is 2.32. The first-order valence-electron chi connectivity index (χ1n) is 6.91. The van der Waals surface area contributed by atoms with Gasteiger partial charge in [-0.3, -0.25) is 0 Å². The molecule has 108 valence electrons. The van der Waals surface area contributed by atoms with Crippen LogP contribution in [0.2, 0.25) is 4.34 Å². The van der Waals surface area contributed by atoms with Crippen molar-refractivity contribution in [3.05, 3.63) is 57.2 Å². The molecule has 4 heteroatoms. The van der Waals surface area contributed by atoms with E-state index in [4.69, 9.17) is 16.3 Å². The maximum atomic E-state index is 6.08. The fourth-order valence-corrected chi connectivity index (χ4v) is 3.44. The zero-order valence-electron chi connectivity index (χ0n) is 11.8. The summed E-state index contributed by atoms with van der Waals surface area (Å²) in [7, 11) is 0. The van der Waals surface area contributed by atoms with E-state index in [9.17, 15) is 0 Å². The minimum atomic E-state index is -0.00383. The highest BCUT2D eigenvalue weighted by Gasteiger charge is 2.25. The molecule has 2 nitrogen and oxygen atoms in total. The smallest absolute Gasteiger partial charge is 0.103 e. The zero-order chi connectivity index (χ0) is 14.4. The van der Waals surface area contributed by atoms with Crippen LogP contribution in [0.15, 0.2) is 42.5 Å². The summed E-state index contributed by atoms with van der Waals surface area (Å²) in [4.78, 5) is 1.21. The lowest BCUT2D eigenvalue weighted by atomic mass is 10.0. The summed E-state index contributed by atoms with van der Waals surface area (Å²) in [5.41, 5.74) is 1.19. The molecule has 1 aromatic heterocycles. The van der Waals surface area contributed by atoms with Crippen molar-refractivity contribution in [1.29, 1.82) is 0 Å². The van der Waals surface area contributed by atoms with E-state index in [0.717, 1.165) is 10.9 Å². The summed E-state index contributed by atoms with van der Waals surface area (Å²) in [5.74, 6) is 0. The summed E-state index contributed by atoms with van der Waals surface area (Å²) in [6.45, 7) is 5.70. The van der Waals surface area contributed by atoms with Crippen LogP contribution in [-0.2, 0) is 4.74 Å². The van der Waals surface area contributed by atoms with Crippen LogP contribution < -0.4 is 5.32 Å². The molecule has 0 aliphatic heterocycles. The molecule has 2 aromatic rings. The van der Waals surface area contributed by atoms with Gasteiger partial charge in [0.15, 0.2) is 0 Å². The Kier molecular flexibility index (Phi) is 6.05. The molecule has 0 spiro atoms. The van der Waals surface area contributed by atoms with Gasteiger partial charge in [-0.2, -0.15) is 0 Å². The highest BCUT2D eigenvalue weighted by molar-refractivity contribution is 7.16. The standard InChI is InChI=1S/C16H20ClNOS/c1-3-18-15(13-10-11-14(17)20-13)16(19-4-2)12-8-6-5-7-9-12/h5-11,15-16,18H,3-4H2,1-2H3. The van der Waals surface area contributed by atoms with E-state index >= 15 is 0 Å². The molecule has 0 aliphatic carbocycles. The molecule has 2 rings (SSSR count). The van der Waals surface area contributed by atoms with Crippen molar-refractivity contribution in [1.82, 2.24) is 5.32 Å². The maximum absolute atomic E-state index is 6.08. The normalized spacial score (nSPS) is 14.2. The second kappa shape index (κ2) is 7.79. The van der Waals surface area contributed by atoms with Crippen molar-refractivity contribution in [3.8, 4) is 0 Å². The van der Waals surface area contributed by atoms with Gasteiger partial charge in [0.2, 0.25) is 0 Å². The van der Waals surface area contributed by atoms with Crippen molar-refractivity contribution in [2.45, 2.75) is 26.0 Å². The molecule has 0 fully saturated rings. The lowest BCUT2D eigenvalue weighted by Crippen LogP contribution is -2.28. The number of ether oxygens (including phenoxy) is 1. The van der Waals surface area contributed by atoms with Crippen LogP contribution in [0.3, 0.4) is 0 Å². The maximum Gasteiger partial charge on any atom is 0.103 e. The summed E-state index contributed by atoms with van der Waals surface area (Å²) in [6.07, 6.45) is -0.00383. The lowest BCUT2D eigenvalue weighted by Gasteiger charge is -2.27. The molecule has 0 bridgehead atoms. The molecule has 1 heterocycles. The fraction of sp³-hybridized carbons (Fsp3) is 0.375. The van der Waals surface area contributed by atoms with Crippen LogP contribution in [-0.4, -0.2) is 13.2 Å². The highest BCUT2D eigenvalue weighted by atomic mass is 35.5. The summed E-state index contributed by atoms with van der Waals surface area (Å²) in [5, 5.41) is 3.52. The van der Waals surface area contributed by atoms with E-state index in [1.165, 1.54) is 10.4 Å². The summed E-state index contributed by atoms with van der Waals surface area (Å²) >= 11 is 7.69. The largest absolute Gasteiger partial charge is 0.372 e. The first-order chi connectivity index (χ1) is 9.76. The molecule has 20 heavy (non-hydrogen) atoms. The number of thiophene rings is 1. The van der Waals surface area contributed by atoms with Gasteiger partial charge in [-0.1, -0.05) is 48.9 Å². The Morgan fingerprint density at radius 3 is 2.45 bits per heavy atom. The average Bonchev–Trinajstić information content (AvgIpc) is 2.90. The van der Waals surface area contributed by atoms with E-state index in [1.54, 1.807) is 11.3 Å². The first kappa shape index (κ1) is 15.5. The average molecular weight is 310 g/mol. The monoisotopic (exact) mass is 309 g/mol. The van der Waals surface area contributed by atoms with Gasteiger partial charge in [-0.15, -0.1) is 11.3 Å². The Labute approximate surface area is 129 Å². The van der Waals surface area contributed by atoms with Crippen LogP contribution in [0.1, 0.15) is 36.4 Å². The van der Waals surface area contributed by atoms with Gasteiger partial charge in [-0.25, -0.2) is 0 Å². The van der Waals surface area contributed by atoms with Gasteiger partial charge in [-0.05, 0) is 31.2 Å². The molecule has 0 amide bonds. The van der Waals surface area contributed by atoms with Crippen LogP contribution in [0.4, 0.5) is 0 Å². The molecular formula is C16H20ClNOS. The van der Waals surface area contributed by atoms with Crippen LogP contribution in [0.5, 0.6) is 0 Å². The van der Waals surface area contributed by atoms with Gasteiger partial charge in [0.1, 0.15) is 6.10 Å². The van der Waals surface area contributed by atoms with Crippen LogP contribution in [0.25, 0.3) is 0 Å². The van der Waals surface area contributed by atoms with Gasteiger partial charge in [0.25, 0.3) is 0 Å². The molecular weight excluding hydrogens is 290 g/mol. The Morgan fingerprint density at radius 2 is 1.90 bits per heavy atom. The number of nitrogens with one attached hydrogen (secondary N) is 1. The second-order valence-corrected chi connectivity index (χ2v) is 6.21. The summed E-state index contributed by atoms with van der Waals surface area (Å²) < 4.78 is 6.82. The van der Waals surface area contributed by atoms with Crippen molar-refractivity contribution < 1.29 is 4.74 Å². The number of likely N-dealkylation sites (N-methyl/N-ethyl adjacent to an activating group) is 1. The third kappa shape index (κ3) is 3.83. The molecule has 0 saturated heterocycles. The molecule has 1 N–H and O–H groups in total. The highest BCUT2D eigenvalue weighted by Crippen LogP contribution is 2.36. The van der Waals surface area contributed by atoms with Crippen LogP contribution in [0, 0.1) is 0 Å². The Bertz CT molecular complexity index is 514. The fourth-order valence-electron chi connectivity index (χ4n) is 2.28. The van der Waals surface area contributed by atoms with E-state index in [0.29, 0.717) is 6.61 Å². The van der Waals surface area contributed by atoms with Gasteiger partial charge in [0, 0.05) is 11.5 Å². The van der Waals surface area contributed by atoms with E-state index < -0.39 is 0 Å². The second-order valence-electron chi connectivity index (χ2n) is 4.46. The van der Waals surface area contributed by atoms with Crippen molar-refractivity contribution in [3.63, 3.8) is 0 Å². The van der Waals surface area contributed by atoms with Gasteiger partial charge >= 0.3 is 0 Å². The molecule has 1 aromatic carbocycles. The zero-order valence-corrected chi connectivity index (χ0v) is 13.4.